The zero-order valence-electron chi connectivity index (χ0n) is 14.5. The molecule has 0 atom stereocenters. The summed E-state index contributed by atoms with van der Waals surface area (Å²) in [7, 11) is -3.60. The Bertz CT molecular complexity index is 1040. The molecule has 0 radical (unpaired) electrons. The maximum atomic E-state index is 12.3. The smallest absolute Gasteiger partial charge is 0.240 e. The maximum absolute atomic E-state index is 12.3. The number of sulfonamides is 1. The van der Waals surface area contributed by atoms with Crippen LogP contribution >= 0.6 is 11.6 Å². The van der Waals surface area contributed by atoms with Crippen LogP contribution in [-0.2, 0) is 16.6 Å². The lowest BCUT2D eigenvalue weighted by atomic mass is 10.3. The maximum Gasteiger partial charge on any atom is 0.240 e. The van der Waals surface area contributed by atoms with E-state index in [9.17, 15) is 8.42 Å². The van der Waals surface area contributed by atoms with Gasteiger partial charge in [-0.1, -0.05) is 11.6 Å². The van der Waals surface area contributed by atoms with E-state index in [0.29, 0.717) is 17.2 Å². The van der Waals surface area contributed by atoms with Crippen LogP contribution in [0.2, 0.25) is 5.02 Å². The van der Waals surface area contributed by atoms with Gasteiger partial charge in [0.05, 0.1) is 23.0 Å². The molecule has 142 valence electrons. The van der Waals surface area contributed by atoms with Crippen molar-refractivity contribution in [2.45, 2.75) is 24.3 Å². The molecule has 8 nitrogen and oxygen atoms in total. The average Bonchev–Trinajstić information content (AvgIpc) is 3.32. The molecule has 4 rings (SSSR count). The van der Waals surface area contributed by atoms with Crippen molar-refractivity contribution in [3.8, 4) is 0 Å². The topological polar surface area (TPSA) is 93.0 Å². The highest BCUT2D eigenvalue weighted by molar-refractivity contribution is 7.89. The molecule has 1 aliphatic rings. The number of anilines is 1. The highest BCUT2D eigenvalue weighted by Crippen LogP contribution is 2.25. The molecular weight excluding hydrogens is 388 g/mol. The van der Waals surface area contributed by atoms with Crippen LogP contribution in [0.15, 0.2) is 41.7 Å². The fraction of sp³-hybridized carbons (Fsp3) is 0.353. The molecular formula is C17H19ClN6O2S. The minimum Gasteiger partial charge on any atom is -0.356 e. The van der Waals surface area contributed by atoms with Crippen LogP contribution < -0.4 is 9.62 Å². The summed E-state index contributed by atoms with van der Waals surface area (Å²) in [5.74, 6) is 0.894. The van der Waals surface area contributed by atoms with Crippen molar-refractivity contribution >= 4 is 38.5 Å². The van der Waals surface area contributed by atoms with Crippen LogP contribution in [0.1, 0.15) is 12.8 Å². The molecule has 3 aromatic rings. The zero-order valence-corrected chi connectivity index (χ0v) is 16.1. The Morgan fingerprint density at radius 2 is 1.85 bits per heavy atom. The van der Waals surface area contributed by atoms with E-state index < -0.39 is 10.0 Å². The molecule has 1 N–H and O–H groups in total. The Balaban J connectivity index is 1.48. The van der Waals surface area contributed by atoms with Crippen molar-refractivity contribution in [2.75, 3.05) is 24.5 Å². The van der Waals surface area contributed by atoms with E-state index in [1.165, 1.54) is 18.5 Å². The number of hydrogen-bond donors (Lipinski definition) is 1. The van der Waals surface area contributed by atoms with E-state index in [0.717, 1.165) is 37.1 Å². The molecule has 1 aliphatic heterocycles. The SMILES string of the molecule is O=S(=O)(NCCn1ncc2c(N3CCCC3)ncnc21)c1ccc(Cl)cc1. The molecule has 0 spiro atoms. The van der Waals surface area contributed by atoms with E-state index in [1.807, 2.05) is 0 Å². The van der Waals surface area contributed by atoms with Gasteiger partial charge >= 0.3 is 0 Å². The molecule has 1 fully saturated rings. The number of rotatable bonds is 6. The van der Waals surface area contributed by atoms with Gasteiger partial charge in [-0.15, -0.1) is 0 Å². The van der Waals surface area contributed by atoms with Gasteiger partial charge in [-0.05, 0) is 37.1 Å². The molecule has 27 heavy (non-hydrogen) atoms. The molecule has 10 heteroatoms. The molecule has 1 saturated heterocycles. The molecule has 1 aromatic carbocycles. The number of nitrogens with one attached hydrogen (secondary N) is 1. The minimum atomic E-state index is -3.60. The summed E-state index contributed by atoms with van der Waals surface area (Å²) < 4.78 is 29.0. The van der Waals surface area contributed by atoms with Gasteiger partial charge in [0.1, 0.15) is 12.1 Å². The van der Waals surface area contributed by atoms with Gasteiger partial charge in [-0.25, -0.2) is 27.8 Å². The van der Waals surface area contributed by atoms with E-state index in [-0.39, 0.29) is 11.4 Å². The van der Waals surface area contributed by atoms with Crippen molar-refractivity contribution in [1.29, 1.82) is 0 Å². The first kappa shape index (κ1) is 18.1. The zero-order chi connectivity index (χ0) is 18.9. The van der Waals surface area contributed by atoms with E-state index in [1.54, 1.807) is 23.0 Å². The van der Waals surface area contributed by atoms with E-state index in [2.05, 4.69) is 24.7 Å². The number of halogens is 1. The first-order valence-corrected chi connectivity index (χ1v) is 10.6. The number of benzene rings is 1. The molecule has 0 amide bonds. The minimum absolute atomic E-state index is 0.177. The number of hydrogen-bond acceptors (Lipinski definition) is 6. The second-order valence-corrected chi connectivity index (χ2v) is 8.55. The van der Waals surface area contributed by atoms with Crippen molar-refractivity contribution < 1.29 is 8.42 Å². The Hall–Kier alpha value is -2.23. The lowest BCUT2D eigenvalue weighted by Crippen LogP contribution is -2.27. The molecule has 0 aliphatic carbocycles. The van der Waals surface area contributed by atoms with Gasteiger partial charge in [-0.3, -0.25) is 0 Å². The average molecular weight is 407 g/mol. The predicted octanol–water partition coefficient (Wildman–Crippen LogP) is 2.06. The fourth-order valence-electron chi connectivity index (χ4n) is 3.21. The first-order chi connectivity index (χ1) is 13.0. The second-order valence-electron chi connectivity index (χ2n) is 6.35. The van der Waals surface area contributed by atoms with Crippen LogP contribution in [0, 0.1) is 0 Å². The molecule has 0 unspecified atom stereocenters. The largest absolute Gasteiger partial charge is 0.356 e. The third kappa shape index (κ3) is 3.76. The van der Waals surface area contributed by atoms with Gasteiger partial charge in [0.15, 0.2) is 5.65 Å². The Kier molecular flexibility index (Phi) is 4.98. The summed E-state index contributed by atoms with van der Waals surface area (Å²) in [6.45, 7) is 2.54. The molecule has 0 bridgehead atoms. The van der Waals surface area contributed by atoms with Crippen LogP contribution in [0.3, 0.4) is 0 Å². The molecule has 3 heterocycles. The van der Waals surface area contributed by atoms with E-state index in [4.69, 9.17) is 11.6 Å². The highest BCUT2D eigenvalue weighted by atomic mass is 35.5. The van der Waals surface area contributed by atoms with Crippen LogP contribution in [-0.4, -0.2) is 47.8 Å². The van der Waals surface area contributed by atoms with Crippen LogP contribution in [0.25, 0.3) is 11.0 Å². The fourth-order valence-corrected chi connectivity index (χ4v) is 4.36. The summed E-state index contributed by atoms with van der Waals surface area (Å²) in [5, 5.41) is 5.75. The summed E-state index contributed by atoms with van der Waals surface area (Å²) in [5.41, 5.74) is 0.706. The monoisotopic (exact) mass is 406 g/mol. The standard InChI is InChI=1S/C17H19ClN6O2S/c18-13-3-5-14(6-4-13)27(25,26)22-7-10-24-17-15(11-21-24)16(19-12-20-17)23-8-1-2-9-23/h3-6,11-12,22H,1-2,7-10H2. The number of fused-ring (bicyclic) bond motifs is 1. The van der Waals surface area contributed by atoms with Gasteiger partial charge in [-0.2, -0.15) is 5.10 Å². The van der Waals surface area contributed by atoms with Gasteiger partial charge in [0, 0.05) is 24.7 Å². The van der Waals surface area contributed by atoms with Crippen molar-refractivity contribution in [3.63, 3.8) is 0 Å². The normalized spacial score (nSPS) is 14.9. The van der Waals surface area contributed by atoms with Crippen LogP contribution in [0.5, 0.6) is 0 Å². The lowest BCUT2D eigenvalue weighted by molar-refractivity contribution is 0.564. The summed E-state index contributed by atoms with van der Waals surface area (Å²) in [6.07, 6.45) is 5.60. The predicted molar refractivity (Wildman–Crippen MR) is 103 cm³/mol. The Morgan fingerprint density at radius 3 is 2.59 bits per heavy atom. The lowest BCUT2D eigenvalue weighted by Gasteiger charge is -2.16. The first-order valence-electron chi connectivity index (χ1n) is 8.71. The molecule has 0 saturated carbocycles. The molecule has 2 aromatic heterocycles. The Morgan fingerprint density at radius 1 is 1.11 bits per heavy atom. The summed E-state index contributed by atoms with van der Waals surface area (Å²) in [4.78, 5) is 11.1. The van der Waals surface area contributed by atoms with Crippen molar-refractivity contribution in [2.24, 2.45) is 0 Å². The van der Waals surface area contributed by atoms with Crippen LogP contribution in [0.4, 0.5) is 5.82 Å². The third-order valence-corrected chi connectivity index (χ3v) is 6.29. The summed E-state index contributed by atoms with van der Waals surface area (Å²) >= 11 is 5.81. The van der Waals surface area contributed by atoms with Gasteiger partial charge in [0.2, 0.25) is 10.0 Å². The number of nitrogens with zero attached hydrogens (tertiary/aromatic N) is 5. The number of aromatic nitrogens is 4. The second kappa shape index (κ2) is 7.41. The van der Waals surface area contributed by atoms with Gasteiger partial charge in [0.25, 0.3) is 0 Å². The van der Waals surface area contributed by atoms with Crippen molar-refractivity contribution in [3.05, 3.63) is 41.8 Å². The summed E-state index contributed by atoms with van der Waals surface area (Å²) in [6, 6.07) is 6.05. The highest BCUT2D eigenvalue weighted by Gasteiger charge is 2.19. The third-order valence-electron chi connectivity index (χ3n) is 4.56. The quantitative estimate of drug-likeness (QED) is 0.673. The van der Waals surface area contributed by atoms with E-state index >= 15 is 0 Å². The van der Waals surface area contributed by atoms with Crippen molar-refractivity contribution in [1.82, 2.24) is 24.5 Å². The Labute approximate surface area is 162 Å². The van der Waals surface area contributed by atoms with Gasteiger partial charge < -0.3 is 4.90 Å².